The Hall–Kier alpha value is -2.18. The van der Waals surface area contributed by atoms with Gasteiger partial charge in [-0.1, -0.05) is 5.21 Å². The fraction of sp³-hybridized carbons (Fsp3) is 0.571. The molecule has 1 atom stereocenters. The number of likely N-dealkylation sites (tertiary alicyclic amines) is 1. The maximum atomic E-state index is 12.9. The highest BCUT2D eigenvalue weighted by molar-refractivity contribution is 5.93. The summed E-state index contributed by atoms with van der Waals surface area (Å²) in [6, 6.07) is 4.32. The molecule has 7 nitrogen and oxygen atoms in total. The number of nitrogens with zero attached hydrogens (tertiary/aromatic N) is 5. The fourth-order valence-electron chi connectivity index (χ4n) is 3.15. The molecule has 1 N–H and O–H groups in total. The average molecular weight is 286 g/mol. The molecule has 7 heteroatoms. The zero-order chi connectivity index (χ0) is 14.2. The Morgan fingerprint density at radius 1 is 1.29 bits per heavy atom. The molecule has 1 aliphatic carbocycles. The molecule has 4 rings (SSSR count). The average Bonchev–Trinajstić information content (AvgIpc) is 3.05. The van der Waals surface area contributed by atoms with Crippen molar-refractivity contribution in [2.45, 2.75) is 44.2 Å². The van der Waals surface area contributed by atoms with Crippen LogP contribution in [0.2, 0.25) is 0 Å². The van der Waals surface area contributed by atoms with Gasteiger partial charge in [-0.25, -0.2) is 0 Å². The minimum Gasteiger partial charge on any atom is -0.340 e. The van der Waals surface area contributed by atoms with Crippen molar-refractivity contribution in [2.75, 3.05) is 6.54 Å². The van der Waals surface area contributed by atoms with E-state index in [1.165, 1.54) is 12.8 Å². The molecule has 1 amide bonds. The number of hydrogen-bond donors (Lipinski definition) is 1. The Bertz CT molecular complexity index is 630. The molecule has 0 aromatic carbocycles. The van der Waals surface area contributed by atoms with Crippen LogP contribution in [0.25, 0.3) is 0 Å². The Morgan fingerprint density at radius 3 is 2.95 bits per heavy atom. The van der Waals surface area contributed by atoms with Crippen LogP contribution in [0, 0.1) is 0 Å². The SMILES string of the molecule is O=C(c1cccn1C1CC1)N1CCCCC1c1nn[nH]n1. The quantitative estimate of drug-likeness (QED) is 0.931. The molecule has 110 valence electrons. The summed E-state index contributed by atoms with van der Waals surface area (Å²) in [6.45, 7) is 0.758. The van der Waals surface area contributed by atoms with Gasteiger partial charge in [0, 0.05) is 18.8 Å². The first-order valence-corrected chi connectivity index (χ1v) is 7.56. The van der Waals surface area contributed by atoms with E-state index in [4.69, 9.17) is 0 Å². The summed E-state index contributed by atoms with van der Waals surface area (Å²) in [5, 5.41) is 14.3. The molecule has 2 aromatic heterocycles. The van der Waals surface area contributed by atoms with Gasteiger partial charge in [0.05, 0.1) is 6.04 Å². The third-order valence-corrected chi connectivity index (χ3v) is 4.36. The van der Waals surface area contributed by atoms with Gasteiger partial charge in [0.25, 0.3) is 5.91 Å². The van der Waals surface area contributed by atoms with Crippen LogP contribution in [0.1, 0.15) is 60.5 Å². The highest BCUT2D eigenvalue weighted by Gasteiger charge is 2.34. The van der Waals surface area contributed by atoms with E-state index in [2.05, 4.69) is 25.2 Å². The summed E-state index contributed by atoms with van der Waals surface area (Å²) >= 11 is 0. The van der Waals surface area contributed by atoms with Crippen molar-refractivity contribution in [2.24, 2.45) is 0 Å². The van der Waals surface area contributed by atoms with Crippen LogP contribution in [0.15, 0.2) is 18.3 Å². The lowest BCUT2D eigenvalue weighted by Crippen LogP contribution is -2.39. The molecule has 3 heterocycles. The van der Waals surface area contributed by atoms with Crippen molar-refractivity contribution in [3.63, 3.8) is 0 Å². The lowest BCUT2D eigenvalue weighted by Gasteiger charge is -2.34. The van der Waals surface area contributed by atoms with Gasteiger partial charge < -0.3 is 9.47 Å². The Morgan fingerprint density at radius 2 is 2.19 bits per heavy atom. The molecule has 0 spiro atoms. The predicted octanol–water partition coefficient (Wildman–Crippen LogP) is 1.70. The third kappa shape index (κ3) is 2.22. The first-order valence-electron chi connectivity index (χ1n) is 7.56. The zero-order valence-corrected chi connectivity index (χ0v) is 11.8. The highest BCUT2D eigenvalue weighted by Crippen LogP contribution is 2.37. The maximum absolute atomic E-state index is 12.9. The number of H-pyrrole nitrogens is 1. The molecule has 1 aliphatic heterocycles. The molecule has 0 bridgehead atoms. The Labute approximate surface area is 122 Å². The van der Waals surface area contributed by atoms with E-state index < -0.39 is 0 Å². The molecular weight excluding hydrogens is 268 g/mol. The summed E-state index contributed by atoms with van der Waals surface area (Å²) in [6.07, 6.45) is 7.37. The van der Waals surface area contributed by atoms with E-state index in [1.54, 1.807) is 0 Å². The van der Waals surface area contributed by atoms with Gasteiger partial charge in [-0.05, 0) is 44.2 Å². The lowest BCUT2D eigenvalue weighted by atomic mass is 10.0. The third-order valence-electron chi connectivity index (χ3n) is 4.36. The van der Waals surface area contributed by atoms with Gasteiger partial charge >= 0.3 is 0 Å². The Balaban J connectivity index is 1.63. The van der Waals surface area contributed by atoms with E-state index >= 15 is 0 Å². The van der Waals surface area contributed by atoms with Gasteiger partial charge in [0.2, 0.25) is 0 Å². The van der Waals surface area contributed by atoms with Crippen molar-refractivity contribution in [3.05, 3.63) is 29.8 Å². The monoisotopic (exact) mass is 286 g/mol. The number of piperidine rings is 1. The van der Waals surface area contributed by atoms with Crippen LogP contribution in [-0.2, 0) is 0 Å². The number of aromatic amines is 1. The van der Waals surface area contributed by atoms with E-state index in [0.29, 0.717) is 11.9 Å². The van der Waals surface area contributed by atoms with Crippen LogP contribution in [0.5, 0.6) is 0 Å². The van der Waals surface area contributed by atoms with Crippen molar-refractivity contribution >= 4 is 5.91 Å². The number of tetrazole rings is 1. The molecule has 0 radical (unpaired) electrons. The first-order chi connectivity index (χ1) is 10.3. The number of rotatable bonds is 3. The molecule has 2 fully saturated rings. The van der Waals surface area contributed by atoms with Crippen LogP contribution in [0.4, 0.5) is 0 Å². The Kier molecular flexibility index (Phi) is 2.98. The lowest BCUT2D eigenvalue weighted by molar-refractivity contribution is 0.0588. The van der Waals surface area contributed by atoms with Crippen molar-refractivity contribution < 1.29 is 4.79 Å². The number of carbonyl (C=O) groups is 1. The molecule has 1 saturated heterocycles. The minimum atomic E-state index is -0.0625. The molecule has 21 heavy (non-hydrogen) atoms. The second-order valence-electron chi connectivity index (χ2n) is 5.81. The predicted molar refractivity (Wildman–Crippen MR) is 74.5 cm³/mol. The normalized spacial score (nSPS) is 22.5. The largest absolute Gasteiger partial charge is 0.340 e. The van der Waals surface area contributed by atoms with E-state index in [0.717, 1.165) is 31.5 Å². The highest BCUT2D eigenvalue weighted by atomic mass is 16.2. The number of nitrogens with one attached hydrogen (secondary N) is 1. The summed E-state index contributed by atoms with van der Waals surface area (Å²) in [5.41, 5.74) is 0.785. The van der Waals surface area contributed by atoms with Crippen LogP contribution >= 0.6 is 0 Å². The molecule has 2 aliphatic rings. The van der Waals surface area contributed by atoms with Crippen LogP contribution in [0.3, 0.4) is 0 Å². The molecular formula is C14H18N6O. The van der Waals surface area contributed by atoms with Crippen LogP contribution in [-0.4, -0.2) is 42.5 Å². The number of aromatic nitrogens is 5. The van der Waals surface area contributed by atoms with Gasteiger partial charge in [-0.2, -0.15) is 5.21 Å². The van der Waals surface area contributed by atoms with Crippen molar-refractivity contribution in [1.82, 2.24) is 30.1 Å². The smallest absolute Gasteiger partial charge is 0.271 e. The van der Waals surface area contributed by atoms with Gasteiger partial charge in [0.1, 0.15) is 5.69 Å². The molecule has 2 aromatic rings. The van der Waals surface area contributed by atoms with Gasteiger partial charge in [-0.3, -0.25) is 4.79 Å². The standard InChI is InChI=1S/C14H18N6O/c21-14(12-5-3-9-19(12)10-6-7-10)20-8-2-1-4-11(20)13-15-17-18-16-13/h3,5,9-11H,1-2,4,6-8H2,(H,15,16,17,18). The zero-order valence-electron chi connectivity index (χ0n) is 11.8. The van der Waals surface area contributed by atoms with Crippen molar-refractivity contribution in [3.8, 4) is 0 Å². The molecule has 1 unspecified atom stereocenters. The van der Waals surface area contributed by atoms with E-state index in [1.807, 2.05) is 23.2 Å². The number of carbonyl (C=O) groups excluding carboxylic acids is 1. The summed E-state index contributed by atoms with van der Waals surface area (Å²) in [4.78, 5) is 14.8. The summed E-state index contributed by atoms with van der Waals surface area (Å²) in [5.74, 6) is 0.703. The van der Waals surface area contributed by atoms with Gasteiger partial charge in [-0.15, -0.1) is 10.2 Å². The maximum Gasteiger partial charge on any atom is 0.271 e. The van der Waals surface area contributed by atoms with E-state index in [9.17, 15) is 4.79 Å². The minimum absolute atomic E-state index is 0.0625. The summed E-state index contributed by atoms with van der Waals surface area (Å²) < 4.78 is 2.12. The number of hydrogen-bond acceptors (Lipinski definition) is 4. The van der Waals surface area contributed by atoms with E-state index in [-0.39, 0.29) is 11.9 Å². The number of amides is 1. The second-order valence-corrected chi connectivity index (χ2v) is 5.81. The first kappa shape index (κ1) is 12.6. The topological polar surface area (TPSA) is 79.7 Å². The van der Waals surface area contributed by atoms with Crippen molar-refractivity contribution in [1.29, 1.82) is 0 Å². The fourth-order valence-corrected chi connectivity index (χ4v) is 3.15. The molecule has 1 saturated carbocycles. The van der Waals surface area contributed by atoms with Crippen LogP contribution < -0.4 is 0 Å². The second kappa shape index (κ2) is 4.98. The summed E-state index contributed by atoms with van der Waals surface area (Å²) in [7, 11) is 0. The van der Waals surface area contributed by atoms with Gasteiger partial charge in [0.15, 0.2) is 5.82 Å².